The molecule has 0 atom stereocenters. The van der Waals surface area contributed by atoms with Gasteiger partial charge in [-0.05, 0) is 66.5 Å². The number of ether oxygens (including phenoxy) is 1. The summed E-state index contributed by atoms with van der Waals surface area (Å²) in [5, 5.41) is 6.69. The molecule has 0 bridgehead atoms. The van der Waals surface area contributed by atoms with Gasteiger partial charge in [0.2, 0.25) is 5.91 Å². The molecule has 2 N–H and O–H groups in total. The van der Waals surface area contributed by atoms with Gasteiger partial charge >= 0.3 is 0 Å². The highest BCUT2D eigenvalue weighted by molar-refractivity contribution is 9.10. The van der Waals surface area contributed by atoms with E-state index in [1.54, 1.807) is 6.07 Å². The van der Waals surface area contributed by atoms with Gasteiger partial charge in [-0.25, -0.2) is 0 Å². The van der Waals surface area contributed by atoms with Crippen LogP contribution in [0.1, 0.15) is 18.4 Å². The van der Waals surface area contributed by atoms with Crippen molar-refractivity contribution in [1.82, 2.24) is 5.32 Å². The first-order valence-corrected chi connectivity index (χ1v) is 7.81. The molecule has 0 aliphatic carbocycles. The number of benzene rings is 1. The normalized spacial score (nSPS) is 16.1. The Morgan fingerprint density at radius 2 is 2.20 bits per heavy atom. The van der Waals surface area contributed by atoms with Crippen LogP contribution in [0.2, 0.25) is 5.02 Å². The van der Waals surface area contributed by atoms with Crippen molar-refractivity contribution in [3.63, 3.8) is 0 Å². The third-order valence-electron chi connectivity index (χ3n) is 3.26. The zero-order valence-corrected chi connectivity index (χ0v) is 13.7. The van der Waals surface area contributed by atoms with E-state index >= 15 is 0 Å². The van der Waals surface area contributed by atoms with E-state index in [-0.39, 0.29) is 18.6 Å². The molecule has 4 nitrogen and oxygen atoms in total. The summed E-state index contributed by atoms with van der Waals surface area (Å²) in [6.45, 7) is 3.89. The van der Waals surface area contributed by atoms with Gasteiger partial charge < -0.3 is 15.4 Å². The maximum atomic E-state index is 11.9. The minimum atomic E-state index is -0.163. The number of hydrogen-bond donors (Lipinski definition) is 2. The van der Waals surface area contributed by atoms with Crippen molar-refractivity contribution in [2.45, 2.75) is 25.9 Å². The van der Waals surface area contributed by atoms with Gasteiger partial charge in [0.25, 0.3) is 0 Å². The van der Waals surface area contributed by atoms with Crippen LogP contribution in [0.15, 0.2) is 16.6 Å². The molecule has 1 aromatic carbocycles. The number of nitrogens with one attached hydrogen (secondary N) is 2. The van der Waals surface area contributed by atoms with Crippen LogP contribution in [0.5, 0.6) is 0 Å². The smallest absolute Gasteiger partial charge is 0.250 e. The average Bonchev–Trinajstić information content (AvgIpc) is 2.44. The molecular formula is C14H18BrClN2O2. The summed E-state index contributed by atoms with van der Waals surface area (Å²) in [5.41, 5.74) is 1.63. The quantitative estimate of drug-likeness (QED) is 0.866. The SMILES string of the molecule is Cc1cc(Br)c(NC(=O)COC2CCNCC2)cc1Cl. The number of carbonyl (C=O) groups is 1. The number of piperidine rings is 1. The van der Waals surface area contributed by atoms with Crippen molar-refractivity contribution in [1.29, 1.82) is 0 Å². The molecule has 0 spiro atoms. The number of aryl methyl sites for hydroxylation is 1. The van der Waals surface area contributed by atoms with E-state index in [4.69, 9.17) is 16.3 Å². The molecule has 1 aromatic rings. The molecule has 1 amide bonds. The van der Waals surface area contributed by atoms with E-state index in [9.17, 15) is 4.79 Å². The lowest BCUT2D eigenvalue weighted by Gasteiger charge is -2.22. The molecule has 20 heavy (non-hydrogen) atoms. The largest absolute Gasteiger partial charge is 0.368 e. The minimum Gasteiger partial charge on any atom is -0.368 e. The number of anilines is 1. The summed E-state index contributed by atoms with van der Waals surface area (Å²) in [5.74, 6) is -0.163. The first-order valence-electron chi connectivity index (χ1n) is 6.64. The van der Waals surface area contributed by atoms with Crippen LogP contribution in [0, 0.1) is 6.92 Å². The van der Waals surface area contributed by atoms with Gasteiger partial charge in [-0.1, -0.05) is 11.6 Å². The Labute approximate surface area is 132 Å². The number of amides is 1. The Kier molecular flexibility index (Phi) is 5.84. The molecular weight excluding hydrogens is 344 g/mol. The van der Waals surface area contributed by atoms with Crippen molar-refractivity contribution in [3.05, 3.63) is 27.2 Å². The molecule has 110 valence electrons. The average molecular weight is 362 g/mol. The zero-order valence-electron chi connectivity index (χ0n) is 11.3. The van der Waals surface area contributed by atoms with E-state index in [0.29, 0.717) is 10.7 Å². The van der Waals surface area contributed by atoms with E-state index in [2.05, 4.69) is 26.6 Å². The molecule has 0 saturated carbocycles. The van der Waals surface area contributed by atoms with Crippen LogP contribution in [0.3, 0.4) is 0 Å². The fourth-order valence-electron chi connectivity index (χ4n) is 2.08. The van der Waals surface area contributed by atoms with E-state index in [0.717, 1.165) is 36.0 Å². The van der Waals surface area contributed by atoms with Gasteiger partial charge in [0.05, 0.1) is 11.8 Å². The topological polar surface area (TPSA) is 50.4 Å². The minimum absolute atomic E-state index is 0.0720. The van der Waals surface area contributed by atoms with Crippen LogP contribution in [0.25, 0.3) is 0 Å². The Morgan fingerprint density at radius 1 is 1.50 bits per heavy atom. The predicted molar refractivity (Wildman–Crippen MR) is 84.4 cm³/mol. The maximum absolute atomic E-state index is 11.9. The second-order valence-electron chi connectivity index (χ2n) is 4.89. The van der Waals surface area contributed by atoms with Crippen LogP contribution in [-0.2, 0) is 9.53 Å². The fourth-order valence-corrected chi connectivity index (χ4v) is 2.80. The number of rotatable bonds is 4. The van der Waals surface area contributed by atoms with Gasteiger partial charge in [-0.15, -0.1) is 0 Å². The Balaban J connectivity index is 1.86. The van der Waals surface area contributed by atoms with Gasteiger partial charge in [0, 0.05) is 9.50 Å². The van der Waals surface area contributed by atoms with E-state index < -0.39 is 0 Å². The van der Waals surface area contributed by atoms with E-state index in [1.165, 1.54) is 0 Å². The van der Waals surface area contributed by atoms with Crippen molar-refractivity contribution < 1.29 is 9.53 Å². The third-order valence-corrected chi connectivity index (χ3v) is 4.32. The standard InChI is InChI=1S/C14H18BrClN2O2/c1-9-6-11(15)13(7-12(9)16)18-14(19)8-20-10-2-4-17-5-3-10/h6-7,10,17H,2-5,8H2,1H3,(H,18,19). The first kappa shape index (κ1) is 15.8. The fraction of sp³-hybridized carbons (Fsp3) is 0.500. The van der Waals surface area contributed by atoms with Crippen LogP contribution in [0.4, 0.5) is 5.69 Å². The molecule has 1 heterocycles. The molecule has 0 unspecified atom stereocenters. The van der Waals surface area contributed by atoms with Gasteiger partial charge in [-0.3, -0.25) is 4.79 Å². The molecule has 1 saturated heterocycles. The van der Waals surface area contributed by atoms with Crippen molar-refractivity contribution in [2.24, 2.45) is 0 Å². The monoisotopic (exact) mass is 360 g/mol. The molecule has 1 fully saturated rings. The number of hydrogen-bond acceptors (Lipinski definition) is 3. The van der Waals surface area contributed by atoms with Crippen LogP contribution in [-0.4, -0.2) is 31.7 Å². The van der Waals surface area contributed by atoms with Crippen molar-refractivity contribution >= 4 is 39.1 Å². The summed E-state index contributed by atoms with van der Waals surface area (Å²) < 4.78 is 6.42. The van der Waals surface area contributed by atoms with Gasteiger partial charge in [0.15, 0.2) is 0 Å². The highest BCUT2D eigenvalue weighted by atomic mass is 79.9. The summed E-state index contributed by atoms with van der Waals surface area (Å²) in [7, 11) is 0. The Hall–Kier alpha value is -0.620. The summed E-state index contributed by atoms with van der Waals surface area (Å²) in [6.07, 6.45) is 2.08. The third kappa shape index (κ3) is 4.45. The highest BCUT2D eigenvalue weighted by Gasteiger charge is 2.15. The van der Waals surface area contributed by atoms with Gasteiger partial charge in [0.1, 0.15) is 6.61 Å². The molecule has 1 aliphatic heterocycles. The van der Waals surface area contributed by atoms with Crippen LogP contribution >= 0.6 is 27.5 Å². The predicted octanol–water partition coefficient (Wildman–Crippen LogP) is 3.12. The zero-order chi connectivity index (χ0) is 14.5. The lowest BCUT2D eigenvalue weighted by atomic mass is 10.1. The lowest BCUT2D eigenvalue weighted by Crippen LogP contribution is -2.34. The number of carbonyl (C=O) groups excluding carboxylic acids is 1. The second kappa shape index (κ2) is 7.41. The molecule has 2 rings (SSSR count). The Morgan fingerprint density at radius 3 is 2.90 bits per heavy atom. The van der Waals surface area contributed by atoms with Gasteiger partial charge in [-0.2, -0.15) is 0 Å². The first-order chi connectivity index (χ1) is 9.56. The molecule has 0 aromatic heterocycles. The molecule has 6 heteroatoms. The van der Waals surface area contributed by atoms with Crippen LogP contribution < -0.4 is 10.6 Å². The summed E-state index contributed by atoms with van der Waals surface area (Å²) in [4.78, 5) is 11.9. The van der Waals surface area contributed by atoms with E-state index in [1.807, 2.05) is 13.0 Å². The second-order valence-corrected chi connectivity index (χ2v) is 6.15. The summed E-state index contributed by atoms with van der Waals surface area (Å²) >= 11 is 9.47. The van der Waals surface area contributed by atoms with Crippen molar-refractivity contribution in [3.8, 4) is 0 Å². The van der Waals surface area contributed by atoms with Crippen molar-refractivity contribution in [2.75, 3.05) is 25.0 Å². The number of halogens is 2. The molecule has 0 radical (unpaired) electrons. The highest BCUT2D eigenvalue weighted by Crippen LogP contribution is 2.29. The maximum Gasteiger partial charge on any atom is 0.250 e. The Bertz CT molecular complexity index is 490. The molecule has 1 aliphatic rings. The summed E-state index contributed by atoms with van der Waals surface area (Å²) in [6, 6.07) is 3.62. The lowest BCUT2D eigenvalue weighted by molar-refractivity contribution is -0.123.